The molecule has 1 aliphatic carbocycles. The molecule has 0 saturated heterocycles. The van der Waals surface area contributed by atoms with Crippen LogP contribution in [0, 0.1) is 5.92 Å². The maximum Gasteiger partial charge on any atom is 0.391 e. The number of hydrogen-bond donors (Lipinski definition) is 1. The van der Waals surface area contributed by atoms with E-state index in [1.165, 1.54) is 0 Å². The lowest BCUT2D eigenvalue weighted by molar-refractivity contribution is -0.185. The van der Waals surface area contributed by atoms with Crippen molar-refractivity contribution in [3.8, 4) is 5.75 Å². The van der Waals surface area contributed by atoms with Gasteiger partial charge in [-0.1, -0.05) is 29.8 Å². The predicted molar refractivity (Wildman–Crippen MR) is 92.0 cm³/mol. The summed E-state index contributed by atoms with van der Waals surface area (Å²) < 4.78 is 44.2. The lowest BCUT2D eigenvalue weighted by Gasteiger charge is -2.30. The lowest BCUT2D eigenvalue weighted by atomic mass is 9.87. The van der Waals surface area contributed by atoms with E-state index in [1.807, 2.05) is 24.3 Å². The number of alkyl halides is 3. The molecular weight excluding hydrogens is 353 g/mol. The van der Waals surface area contributed by atoms with Crippen molar-refractivity contribution in [2.24, 2.45) is 5.92 Å². The molecule has 2 aromatic carbocycles. The molecule has 136 valence electrons. The summed E-state index contributed by atoms with van der Waals surface area (Å²) in [6, 6.07) is 9.14. The summed E-state index contributed by atoms with van der Waals surface area (Å²) in [6.45, 7) is 1.68. The van der Waals surface area contributed by atoms with Crippen LogP contribution < -0.4 is 4.74 Å². The van der Waals surface area contributed by atoms with Crippen LogP contribution in [0.2, 0.25) is 5.02 Å². The molecule has 1 N–H and O–H groups in total. The summed E-state index contributed by atoms with van der Waals surface area (Å²) in [7, 11) is 0. The van der Waals surface area contributed by atoms with E-state index in [0.29, 0.717) is 23.6 Å². The molecule has 1 atom stereocenters. The molecule has 1 fully saturated rings. The largest absolute Gasteiger partial charge is 0.489 e. The Bertz CT molecular complexity index is 750. The van der Waals surface area contributed by atoms with E-state index in [0.717, 1.165) is 16.3 Å². The first-order chi connectivity index (χ1) is 11.8. The molecule has 25 heavy (non-hydrogen) atoms. The Morgan fingerprint density at radius 1 is 1.12 bits per heavy atom. The van der Waals surface area contributed by atoms with Crippen molar-refractivity contribution < 1.29 is 23.0 Å². The van der Waals surface area contributed by atoms with Crippen molar-refractivity contribution >= 4 is 22.4 Å². The number of aliphatic hydroxyl groups excluding tert-OH is 1. The van der Waals surface area contributed by atoms with E-state index in [1.54, 1.807) is 13.0 Å². The fraction of sp³-hybridized carbons (Fsp3) is 0.474. The maximum absolute atomic E-state index is 12.8. The first-order valence-corrected chi connectivity index (χ1v) is 8.77. The van der Waals surface area contributed by atoms with Crippen LogP contribution in [0.5, 0.6) is 5.75 Å². The molecule has 3 rings (SSSR count). The Labute approximate surface area is 149 Å². The van der Waals surface area contributed by atoms with Crippen LogP contribution in [0.25, 0.3) is 10.8 Å². The number of hydrogen-bond acceptors (Lipinski definition) is 2. The molecule has 0 bridgehead atoms. The molecule has 0 heterocycles. The normalized spacial score (nSPS) is 22.8. The lowest BCUT2D eigenvalue weighted by Crippen LogP contribution is -2.31. The Kier molecular flexibility index (Phi) is 5.16. The van der Waals surface area contributed by atoms with Gasteiger partial charge in [0.2, 0.25) is 0 Å². The van der Waals surface area contributed by atoms with Gasteiger partial charge in [-0.15, -0.1) is 0 Å². The molecule has 1 unspecified atom stereocenters. The molecule has 2 aromatic rings. The number of aliphatic hydroxyl groups is 1. The second-order valence-corrected chi connectivity index (χ2v) is 7.05. The van der Waals surface area contributed by atoms with Gasteiger partial charge in [0.25, 0.3) is 0 Å². The summed E-state index contributed by atoms with van der Waals surface area (Å²) in [6.07, 6.45) is -4.07. The van der Waals surface area contributed by atoms with E-state index < -0.39 is 18.2 Å². The predicted octanol–water partition coefficient (Wildman–Crippen LogP) is 6.05. The van der Waals surface area contributed by atoms with Gasteiger partial charge in [0.15, 0.2) is 0 Å². The average molecular weight is 373 g/mol. The van der Waals surface area contributed by atoms with Crippen LogP contribution in [-0.4, -0.2) is 17.4 Å². The zero-order chi connectivity index (χ0) is 18.2. The molecule has 2 nitrogen and oxygen atoms in total. The van der Waals surface area contributed by atoms with Crippen molar-refractivity contribution in [2.75, 3.05) is 0 Å². The van der Waals surface area contributed by atoms with Gasteiger partial charge >= 0.3 is 6.18 Å². The smallest absolute Gasteiger partial charge is 0.391 e. The van der Waals surface area contributed by atoms with Crippen molar-refractivity contribution in [1.29, 1.82) is 0 Å². The zero-order valence-electron chi connectivity index (χ0n) is 13.8. The van der Waals surface area contributed by atoms with Crippen LogP contribution in [0.4, 0.5) is 13.2 Å². The molecule has 0 aliphatic heterocycles. The summed E-state index contributed by atoms with van der Waals surface area (Å²) >= 11 is 6.45. The van der Waals surface area contributed by atoms with Gasteiger partial charge in [0.05, 0.1) is 23.1 Å². The Morgan fingerprint density at radius 2 is 1.76 bits per heavy atom. The quantitative estimate of drug-likeness (QED) is 0.711. The fourth-order valence-electron chi connectivity index (χ4n) is 3.32. The average Bonchev–Trinajstić information content (AvgIpc) is 2.57. The monoisotopic (exact) mass is 372 g/mol. The van der Waals surface area contributed by atoms with E-state index >= 15 is 0 Å². The standard InChI is InChI=1S/C19H20ClF3O2/c1-11(24)13-3-2-12-4-9-17(18(20)16(12)10-13)25-15-7-5-14(6-8-15)19(21,22)23/h2-4,9-11,14-15,24H,5-8H2,1H3. The Balaban J connectivity index is 1.77. The third-order valence-corrected chi connectivity index (χ3v) is 5.25. The van der Waals surface area contributed by atoms with Crippen LogP contribution >= 0.6 is 11.6 Å². The van der Waals surface area contributed by atoms with Gasteiger partial charge in [-0.2, -0.15) is 13.2 Å². The van der Waals surface area contributed by atoms with Crippen molar-refractivity contribution in [3.63, 3.8) is 0 Å². The van der Waals surface area contributed by atoms with Crippen LogP contribution in [0.1, 0.15) is 44.3 Å². The number of rotatable bonds is 3. The molecule has 1 saturated carbocycles. The fourth-order valence-corrected chi connectivity index (χ4v) is 3.59. The van der Waals surface area contributed by atoms with Crippen LogP contribution in [0.3, 0.4) is 0 Å². The van der Waals surface area contributed by atoms with Crippen molar-refractivity contribution in [2.45, 2.75) is 51.0 Å². The highest BCUT2D eigenvalue weighted by Crippen LogP contribution is 2.40. The summed E-state index contributed by atoms with van der Waals surface area (Å²) in [5, 5.41) is 11.8. The Hall–Kier alpha value is -1.46. The summed E-state index contributed by atoms with van der Waals surface area (Å²) in [5.74, 6) is -0.750. The zero-order valence-corrected chi connectivity index (χ0v) is 14.6. The number of halogens is 4. The van der Waals surface area contributed by atoms with Gasteiger partial charge < -0.3 is 9.84 Å². The molecule has 0 radical (unpaired) electrons. The van der Waals surface area contributed by atoms with E-state index in [-0.39, 0.29) is 18.9 Å². The van der Waals surface area contributed by atoms with Gasteiger partial charge in [0.1, 0.15) is 5.75 Å². The number of fused-ring (bicyclic) bond motifs is 1. The summed E-state index contributed by atoms with van der Waals surface area (Å²) in [4.78, 5) is 0. The minimum Gasteiger partial charge on any atom is -0.489 e. The van der Waals surface area contributed by atoms with Gasteiger partial charge in [0, 0.05) is 5.39 Å². The number of ether oxygens (including phenoxy) is 1. The van der Waals surface area contributed by atoms with Gasteiger partial charge in [-0.25, -0.2) is 0 Å². The first-order valence-electron chi connectivity index (χ1n) is 8.39. The van der Waals surface area contributed by atoms with Gasteiger partial charge in [-0.3, -0.25) is 0 Å². The highest BCUT2D eigenvalue weighted by atomic mass is 35.5. The highest BCUT2D eigenvalue weighted by molar-refractivity contribution is 6.37. The highest BCUT2D eigenvalue weighted by Gasteiger charge is 2.41. The minimum atomic E-state index is -4.12. The SMILES string of the molecule is CC(O)c1ccc2ccc(OC3CCC(C(F)(F)F)CC3)c(Cl)c2c1. The van der Waals surface area contributed by atoms with E-state index in [2.05, 4.69) is 0 Å². The third-order valence-electron chi connectivity index (χ3n) is 4.86. The Morgan fingerprint density at radius 3 is 2.36 bits per heavy atom. The third kappa shape index (κ3) is 4.04. The second kappa shape index (κ2) is 7.04. The molecular formula is C19H20ClF3O2. The minimum absolute atomic E-state index is 0.0888. The van der Waals surface area contributed by atoms with Crippen molar-refractivity contribution in [1.82, 2.24) is 0 Å². The van der Waals surface area contributed by atoms with E-state index in [9.17, 15) is 18.3 Å². The van der Waals surface area contributed by atoms with E-state index in [4.69, 9.17) is 16.3 Å². The molecule has 1 aliphatic rings. The van der Waals surface area contributed by atoms with Crippen LogP contribution in [-0.2, 0) is 0 Å². The number of benzene rings is 2. The molecule has 6 heteroatoms. The second-order valence-electron chi connectivity index (χ2n) is 6.67. The van der Waals surface area contributed by atoms with Crippen molar-refractivity contribution in [3.05, 3.63) is 40.9 Å². The van der Waals surface area contributed by atoms with Gasteiger partial charge in [-0.05, 0) is 55.7 Å². The topological polar surface area (TPSA) is 29.5 Å². The first kappa shape index (κ1) is 18.3. The molecule has 0 amide bonds. The molecule has 0 aromatic heterocycles. The summed E-state index contributed by atoms with van der Waals surface area (Å²) in [5.41, 5.74) is 0.747. The maximum atomic E-state index is 12.8. The van der Waals surface area contributed by atoms with Crippen LogP contribution in [0.15, 0.2) is 30.3 Å². The molecule has 0 spiro atoms.